The van der Waals surface area contributed by atoms with Crippen LogP contribution in [0.1, 0.15) is 91.4 Å². The van der Waals surface area contributed by atoms with Crippen molar-refractivity contribution in [2.24, 2.45) is 27.9 Å². The lowest BCUT2D eigenvalue weighted by Gasteiger charge is -2.32. The molecule has 0 aromatic heterocycles. The Bertz CT molecular complexity index is 1540. The highest BCUT2D eigenvalue weighted by Crippen LogP contribution is 2.23. The maximum atomic E-state index is 14.0. The van der Waals surface area contributed by atoms with Crippen molar-refractivity contribution in [2.75, 3.05) is 39.3 Å². The topological polar surface area (TPSA) is 397 Å². The first-order valence-corrected chi connectivity index (χ1v) is 20.2. The second-order valence-electron chi connectivity index (χ2n) is 14.8. The Morgan fingerprint density at radius 3 is 1.64 bits per heavy atom. The summed E-state index contributed by atoms with van der Waals surface area (Å²) in [6.07, 6.45) is 3.00. The number of carboxylic acids is 3. The molecule has 15 N–H and O–H groups in total. The molecule has 3 heterocycles. The lowest BCUT2D eigenvalue weighted by molar-refractivity contribution is -0.148. The number of carbonyl (C=O) groups excluding carboxylic acids is 6. The molecule has 3 aliphatic heterocycles. The zero-order chi connectivity index (χ0) is 46.4. The smallest absolute Gasteiger partial charge is 0.326 e. The van der Waals surface area contributed by atoms with Gasteiger partial charge in [0.1, 0.15) is 36.3 Å². The summed E-state index contributed by atoms with van der Waals surface area (Å²) in [6.45, 7) is 4.34. The molecule has 0 radical (unpaired) electrons. The van der Waals surface area contributed by atoms with Crippen LogP contribution in [0.3, 0.4) is 0 Å². The van der Waals surface area contributed by atoms with Crippen LogP contribution in [0.2, 0.25) is 0 Å². The third-order valence-corrected chi connectivity index (χ3v) is 9.89. The second-order valence-corrected chi connectivity index (χ2v) is 14.8. The average Bonchev–Trinajstić information content (AvgIpc) is 3.98. The number of nitrogens with zero attached hydrogens (tertiary/aromatic N) is 4. The second kappa shape index (κ2) is 27.3. The number of carboxylic acid groups (broad SMARTS) is 3. The van der Waals surface area contributed by atoms with Crippen LogP contribution in [0.15, 0.2) is 4.99 Å². The van der Waals surface area contributed by atoms with Gasteiger partial charge in [0.15, 0.2) is 5.96 Å². The molecule has 61 heavy (non-hydrogen) atoms. The number of nitrogens with two attached hydrogens (primary N) is 4. The Kier molecular flexibility index (Phi) is 23.9. The van der Waals surface area contributed by atoms with Crippen molar-refractivity contribution < 1.29 is 63.6 Å². The molecule has 3 rings (SSSR count). The van der Waals surface area contributed by atoms with Crippen molar-refractivity contribution in [3.05, 3.63) is 0 Å². The minimum atomic E-state index is -1.27. The number of amides is 6. The highest BCUT2D eigenvalue weighted by atomic mass is 16.4. The number of aliphatic carboxylic acids is 3. The summed E-state index contributed by atoms with van der Waals surface area (Å²) in [5.41, 5.74) is 22.3. The summed E-state index contributed by atoms with van der Waals surface area (Å²) < 4.78 is 0. The van der Waals surface area contributed by atoms with Gasteiger partial charge < -0.3 is 74.0 Å². The molecule has 6 amide bonds. The Morgan fingerprint density at radius 1 is 0.705 bits per heavy atom. The minimum absolute atomic E-state index is 0.103. The van der Waals surface area contributed by atoms with Gasteiger partial charge in [0, 0.05) is 40.0 Å². The number of aliphatic imine (C=N–C) groups is 1. The van der Waals surface area contributed by atoms with E-state index in [2.05, 4.69) is 20.9 Å². The summed E-state index contributed by atoms with van der Waals surface area (Å²) in [4.78, 5) is 118. The molecule has 0 saturated carbocycles. The molecule has 0 aromatic carbocycles. The molecule has 7 atom stereocenters. The number of unbranched alkanes of at least 4 members (excludes halogenated alkanes) is 1. The quantitative estimate of drug-likeness (QED) is 0.0337. The van der Waals surface area contributed by atoms with E-state index in [-0.39, 0.29) is 45.0 Å². The van der Waals surface area contributed by atoms with E-state index < -0.39 is 102 Å². The highest BCUT2D eigenvalue weighted by molar-refractivity contribution is 5.97. The van der Waals surface area contributed by atoms with Crippen molar-refractivity contribution in [3.8, 4) is 0 Å². The van der Waals surface area contributed by atoms with Gasteiger partial charge in [-0.1, -0.05) is 0 Å². The van der Waals surface area contributed by atoms with Crippen molar-refractivity contribution >= 4 is 59.3 Å². The molecule has 3 aliphatic rings. The Labute approximate surface area is 354 Å². The van der Waals surface area contributed by atoms with E-state index in [4.69, 9.17) is 42.7 Å². The van der Waals surface area contributed by atoms with E-state index in [0.717, 1.165) is 13.8 Å². The molecule has 3 fully saturated rings. The van der Waals surface area contributed by atoms with E-state index in [0.29, 0.717) is 64.3 Å². The predicted molar refractivity (Wildman–Crippen MR) is 218 cm³/mol. The lowest BCUT2D eigenvalue weighted by atomic mass is 10.0. The number of nitrogens with one attached hydrogen (secondary N) is 3. The number of aliphatic hydroxyl groups excluding tert-OH is 1. The van der Waals surface area contributed by atoms with Crippen molar-refractivity contribution in [3.63, 3.8) is 0 Å². The zero-order valence-corrected chi connectivity index (χ0v) is 35.1. The fourth-order valence-corrected chi connectivity index (χ4v) is 6.98. The van der Waals surface area contributed by atoms with Gasteiger partial charge in [-0.2, -0.15) is 0 Å². The van der Waals surface area contributed by atoms with Crippen LogP contribution in [0, 0.1) is 0 Å². The first-order valence-electron chi connectivity index (χ1n) is 20.2. The molecule has 0 aromatic rings. The van der Waals surface area contributed by atoms with Gasteiger partial charge >= 0.3 is 5.97 Å². The van der Waals surface area contributed by atoms with Crippen LogP contribution in [0.4, 0.5) is 0 Å². The fourth-order valence-electron chi connectivity index (χ4n) is 6.98. The Morgan fingerprint density at radius 2 is 1.16 bits per heavy atom. The van der Waals surface area contributed by atoms with E-state index in [1.807, 2.05) is 0 Å². The molecule has 0 unspecified atom stereocenters. The fraction of sp³-hybridized carbons (Fsp3) is 0.730. The summed E-state index contributed by atoms with van der Waals surface area (Å²) in [7, 11) is 0. The molecular weight excluding hydrogens is 806 g/mol. The SMILES string of the molecule is CC(=O)O.CC(=O)O.C[C@@H](O)[C@H](N)C(=O)N[C@@H](CCCCN)C(=O)N1CCC[C@H]1C(=O)N[C@@H](CCCN=C(N)N)C(=O)N1CCC[C@H]1C(=O)NCC(=O)N1CCC[C@H]1C(=O)O. The van der Waals surface area contributed by atoms with Gasteiger partial charge in [0.25, 0.3) is 11.9 Å². The number of hydrogen-bond donors (Lipinski definition) is 11. The number of hydrogen-bond acceptors (Lipinski definition) is 13. The van der Waals surface area contributed by atoms with Crippen LogP contribution >= 0.6 is 0 Å². The molecule has 3 saturated heterocycles. The third kappa shape index (κ3) is 18.7. The lowest BCUT2D eigenvalue weighted by Crippen LogP contribution is -2.59. The summed E-state index contributed by atoms with van der Waals surface area (Å²) in [5.74, 6) is -6.38. The normalized spacial score (nSPS) is 20.0. The van der Waals surface area contributed by atoms with Crippen LogP contribution < -0.4 is 38.9 Å². The number of aliphatic hydroxyl groups is 1. The third-order valence-electron chi connectivity index (χ3n) is 9.89. The molecule has 346 valence electrons. The summed E-state index contributed by atoms with van der Waals surface area (Å²) >= 11 is 0. The molecular formula is C37H65N11O13. The maximum absolute atomic E-state index is 14.0. The maximum Gasteiger partial charge on any atom is 0.326 e. The minimum Gasteiger partial charge on any atom is -0.481 e. The Hall–Kier alpha value is -5.62. The van der Waals surface area contributed by atoms with E-state index in [1.54, 1.807) is 0 Å². The van der Waals surface area contributed by atoms with Crippen LogP contribution in [-0.2, 0) is 43.2 Å². The summed E-state index contributed by atoms with van der Waals surface area (Å²) in [5, 5.41) is 42.0. The number of carbonyl (C=O) groups is 9. The molecule has 0 bridgehead atoms. The van der Waals surface area contributed by atoms with Gasteiger partial charge in [0.2, 0.25) is 35.4 Å². The van der Waals surface area contributed by atoms with E-state index in [1.165, 1.54) is 21.6 Å². The van der Waals surface area contributed by atoms with Gasteiger partial charge in [-0.15, -0.1) is 0 Å². The van der Waals surface area contributed by atoms with Gasteiger partial charge in [0.05, 0.1) is 12.6 Å². The van der Waals surface area contributed by atoms with Crippen molar-refractivity contribution in [2.45, 2.75) is 134 Å². The first kappa shape index (κ1) is 53.4. The van der Waals surface area contributed by atoms with Gasteiger partial charge in [-0.05, 0) is 84.1 Å². The van der Waals surface area contributed by atoms with Gasteiger partial charge in [-0.25, -0.2) is 4.79 Å². The predicted octanol–water partition coefficient (Wildman–Crippen LogP) is -3.80. The number of guanidine groups is 1. The molecule has 0 aliphatic carbocycles. The summed E-state index contributed by atoms with van der Waals surface area (Å²) in [6, 6.07) is -6.26. The molecule has 24 nitrogen and oxygen atoms in total. The Balaban J connectivity index is 0.00000213. The van der Waals surface area contributed by atoms with Crippen molar-refractivity contribution in [1.82, 2.24) is 30.7 Å². The van der Waals surface area contributed by atoms with Gasteiger partial charge in [-0.3, -0.25) is 43.3 Å². The zero-order valence-electron chi connectivity index (χ0n) is 35.1. The number of likely N-dealkylation sites (tertiary alicyclic amines) is 3. The van der Waals surface area contributed by atoms with Crippen LogP contribution in [0.5, 0.6) is 0 Å². The largest absolute Gasteiger partial charge is 0.481 e. The van der Waals surface area contributed by atoms with Crippen LogP contribution in [-0.4, -0.2) is 176 Å². The molecule has 24 heteroatoms. The van der Waals surface area contributed by atoms with E-state index in [9.17, 15) is 43.8 Å². The standard InChI is InChI=1S/C33H57N11O9.2C2H4O2/c1-19(45)26(35)29(49)41-20(8-2-3-13-34)30(50)44-17-6-11-23(44)28(48)40-21(9-4-14-38-33(36)37)31(51)43-16-5-10-22(43)27(47)39-18-25(46)42-15-7-12-24(42)32(52)53;2*1-2(3)4/h19-24,26,45H,2-18,34-35H2,1H3,(H,39,47)(H,40,48)(H,41,49)(H,52,53)(H4,36,37,38);2*1H3,(H,3,4)/t19-,20+,21+,22+,23+,24+,26+;;/m1../s1. The van der Waals surface area contributed by atoms with Crippen molar-refractivity contribution in [1.29, 1.82) is 0 Å². The first-order chi connectivity index (χ1) is 28.6. The molecule has 0 spiro atoms. The van der Waals surface area contributed by atoms with E-state index >= 15 is 0 Å². The monoisotopic (exact) mass is 871 g/mol. The highest BCUT2D eigenvalue weighted by Gasteiger charge is 2.42. The number of rotatable bonds is 19. The van der Waals surface area contributed by atoms with Crippen LogP contribution in [0.25, 0.3) is 0 Å². The average molecular weight is 872 g/mol.